The van der Waals surface area contributed by atoms with Crippen LogP contribution in [0.4, 0.5) is 0 Å². The monoisotopic (exact) mass is 342 g/mol. The van der Waals surface area contributed by atoms with Crippen molar-refractivity contribution in [1.82, 2.24) is 29.7 Å². The van der Waals surface area contributed by atoms with Crippen LogP contribution in [-0.2, 0) is 22.7 Å². The fourth-order valence-corrected chi connectivity index (χ4v) is 3.09. The topological polar surface area (TPSA) is 93.0 Å². The molecule has 1 aliphatic heterocycles. The van der Waals surface area contributed by atoms with Crippen molar-refractivity contribution in [2.24, 2.45) is 0 Å². The number of aromatic nitrogens is 4. The van der Waals surface area contributed by atoms with Crippen molar-refractivity contribution in [2.45, 2.75) is 45.8 Å². The molecule has 25 heavy (non-hydrogen) atoms. The number of hydrogen-bond donors (Lipinski definition) is 1. The Labute approximate surface area is 146 Å². The van der Waals surface area contributed by atoms with Gasteiger partial charge in [0.05, 0.1) is 36.4 Å². The van der Waals surface area contributed by atoms with E-state index in [-0.39, 0.29) is 24.4 Å². The van der Waals surface area contributed by atoms with E-state index in [2.05, 4.69) is 20.3 Å². The lowest BCUT2D eigenvalue weighted by Crippen LogP contribution is -2.30. The van der Waals surface area contributed by atoms with Crippen molar-refractivity contribution < 1.29 is 9.59 Å². The summed E-state index contributed by atoms with van der Waals surface area (Å²) in [7, 11) is 0. The molecule has 0 bridgehead atoms. The minimum atomic E-state index is -0.112. The Kier molecular flexibility index (Phi) is 5.06. The summed E-state index contributed by atoms with van der Waals surface area (Å²) in [6.07, 6.45) is 8.64. The van der Waals surface area contributed by atoms with Gasteiger partial charge in [0, 0.05) is 25.9 Å². The van der Waals surface area contributed by atoms with E-state index >= 15 is 0 Å². The highest BCUT2D eigenvalue weighted by atomic mass is 16.2. The number of hydrogen-bond acceptors (Lipinski definition) is 5. The van der Waals surface area contributed by atoms with Crippen LogP contribution >= 0.6 is 0 Å². The number of nitrogens with zero attached hydrogens (tertiary/aromatic N) is 5. The lowest BCUT2D eigenvalue weighted by molar-refractivity contribution is -0.129. The Hall–Kier alpha value is -2.77. The number of carbonyl (C=O) groups is 2. The van der Waals surface area contributed by atoms with Crippen LogP contribution in [0.15, 0.2) is 24.8 Å². The largest absolute Gasteiger partial charge is 0.349 e. The number of carbonyl (C=O) groups excluding carboxylic acids is 2. The summed E-state index contributed by atoms with van der Waals surface area (Å²) >= 11 is 0. The molecule has 8 nitrogen and oxygen atoms in total. The van der Waals surface area contributed by atoms with E-state index in [9.17, 15) is 9.59 Å². The second-order valence-corrected chi connectivity index (χ2v) is 6.18. The smallest absolute Gasteiger partial charge is 0.240 e. The second-order valence-electron chi connectivity index (χ2n) is 6.18. The predicted molar refractivity (Wildman–Crippen MR) is 90.2 cm³/mol. The first-order valence-corrected chi connectivity index (χ1v) is 8.37. The molecule has 0 aliphatic carbocycles. The number of rotatable bonds is 5. The number of likely N-dealkylation sites (tertiary alicyclic amines) is 1. The molecule has 3 heterocycles. The first-order chi connectivity index (χ1) is 12.0. The van der Waals surface area contributed by atoms with Crippen molar-refractivity contribution in [3.8, 4) is 0 Å². The van der Waals surface area contributed by atoms with Crippen LogP contribution in [0.25, 0.3) is 0 Å². The van der Waals surface area contributed by atoms with E-state index in [1.165, 1.54) is 0 Å². The van der Waals surface area contributed by atoms with Crippen molar-refractivity contribution in [2.75, 3.05) is 6.54 Å². The van der Waals surface area contributed by atoms with Crippen LogP contribution in [-0.4, -0.2) is 42.8 Å². The van der Waals surface area contributed by atoms with Crippen LogP contribution in [0.1, 0.15) is 43.0 Å². The van der Waals surface area contributed by atoms with Crippen molar-refractivity contribution in [3.63, 3.8) is 0 Å². The molecule has 1 fully saturated rings. The lowest BCUT2D eigenvalue weighted by atomic mass is 10.1. The van der Waals surface area contributed by atoms with Gasteiger partial charge in [-0.05, 0) is 19.8 Å². The molecule has 1 N–H and O–H groups in total. The third kappa shape index (κ3) is 4.01. The summed E-state index contributed by atoms with van der Waals surface area (Å²) in [5.41, 5.74) is 1.47. The van der Waals surface area contributed by atoms with Gasteiger partial charge in [0.15, 0.2) is 0 Å². The minimum absolute atomic E-state index is 0.0192. The zero-order valence-electron chi connectivity index (χ0n) is 14.5. The molecule has 132 valence electrons. The zero-order chi connectivity index (χ0) is 17.8. The molecule has 1 aliphatic rings. The van der Waals surface area contributed by atoms with Crippen LogP contribution in [0.2, 0.25) is 0 Å². The second kappa shape index (κ2) is 7.42. The third-order valence-electron chi connectivity index (χ3n) is 4.41. The average Bonchev–Trinajstić information content (AvgIpc) is 3.23. The lowest BCUT2D eigenvalue weighted by Gasteiger charge is -2.22. The molecular formula is C17H22N6O2. The van der Waals surface area contributed by atoms with Gasteiger partial charge in [0.25, 0.3) is 0 Å². The predicted octanol–water partition coefficient (Wildman–Crippen LogP) is 0.981. The van der Waals surface area contributed by atoms with Crippen LogP contribution in [0.3, 0.4) is 0 Å². The molecule has 8 heteroatoms. The van der Waals surface area contributed by atoms with Gasteiger partial charge in [-0.3, -0.25) is 19.6 Å². The maximum absolute atomic E-state index is 12.1. The van der Waals surface area contributed by atoms with Gasteiger partial charge >= 0.3 is 0 Å². The van der Waals surface area contributed by atoms with Crippen LogP contribution in [0, 0.1) is 6.92 Å². The van der Waals surface area contributed by atoms with E-state index in [1.54, 1.807) is 36.3 Å². The summed E-state index contributed by atoms with van der Waals surface area (Å²) in [5, 5.41) is 2.85. The van der Waals surface area contributed by atoms with Gasteiger partial charge in [-0.25, -0.2) is 4.98 Å². The summed E-state index contributed by atoms with van der Waals surface area (Å²) in [6.45, 7) is 4.71. The Morgan fingerprint density at radius 3 is 2.92 bits per heavy atom. The van der Waals surface area contributed by atoms with E-state index in [0.717, 1.165) is 30.9 Å². The molecule has 1 atom stereocenters. The molecule has 3 rings (SSSR count). The standard InChI is InChI=1S/C17H22N6O2/c1-12-19-5-7-22(12)11-17(25)20-9-14-8-18-10-15(21-14)16-4-3-6-23(16)13(2)24/h5,7-8,10,16H,3-4,6,9,11H2,1-2H3,(H,20,25). The molecule has 2 amide bonds. The maximum atomic E-state index is 12.1. The van der Waals surface area contributed by atoms with Crippen molar-refractivity contribution in [1.29, 1.82) is 0 Å². The summed E-state index contributed by atoms with van der Waals surface area (Å²) < 4.78 is 1.78. The molecule has 0 aromatic carbocycles. The Morgan fingerprint density at radius 2 is 2.20 bits per heavy atom. The van der Waals surface area contributed by atoms with Crippen LogP contribution < -0.4 is 5.32 Å². The van der Waals surface area contributed by atoms with Gasteiger partial charge in [-0.1, -0.05) is 0 Å². The SMILES string of the molecule is CC(=O)N1CCCC1c1cncc(CNC(=O)Cn2ccnc2C)n1. The molecule has 0 saturated carbocycles. The molecule has 0 spiro atoms. The van der Waals surface area contributed by atoms with E-state index in [1.807, 2.05) is 11.8 Å². The summed E-state index contributed by atoms with van der Waals surface area (Å²) in [5.74, 6) is 0.737. The van der Waals surface area contributed by atoms with Crippen LogP contribution in [0.5, 0.6) is 0 Å². The third-order valence-corrected chi connectivity index (χ3v) is 4.41. The highest BCUT2D eigenvalue weighted by Crippen LogP contribution is 2.30. The number of imidazole rings is 1. The molecule has 0 radical (unpaired) electrons. The highest BCUT2D eigenvalue weighted by molar-refractivity contribution is 5.75. The highest BCUT2D eigenvalue weighted by Gasteiger charge is 2.29. The summed E-state index contributed by atoms with van der Waals surface area (Å²) in [6, 6.07) is -0.0192. The van der Waals surface area contributed by atoms with Crippen molar-refractivity contribution >= 4 is 11.8 Å². The minimum Gasteiger partial charge on any atom is -0.349 e. The number of amides is 2. The number of nitrogens with one attached hydrogen (secondary N) is 1. The van der Waals surface area contributed by atoms with Gasteiger partial charge in [0.2, 0.25) is 11.8 Å². The van der Waals surface area contributed by atoms with Gasteiger partial charge in [0.1, 0.15) is 12.4 Å². The quantitative estimate of drug-likeness (QED) is 0.874. The maximum Gasteiger partial charge on any atom is 0.240 e. The average molecular weight is 342 g/mol. The fourth-order valence-electron chi connectivity index (χ4n) is 3.09. The first-order valence-electron chi connectivity index (χ1n) is 8.37. The normalized spacial score (nSPS) is 16.9. The van der Waals surface area contributed by atoms with Gasteiger partial charge in [-0.2, -0.15) is 0 Å². The molecular weight excluding hydrogens is 320 g/mol. The molecule has 2 aromatic heterocycles. The molecule has 1 unspecified atom stereocenters. The zero-order valence-corrected chi connectivity index (χ0v) is 14.5. The van der Waals surface area contributed by atoms with E-state index < -0.39 is 0 Å². The molecule has 1 saturated heterocycles. The summed E-state index contributed by atoms with van der Waals surface area (Å²) in [4.78, 5) is 38.5. The fraction of sp³-hybridized carbons (Fsp3) is 0.471. The Bertz CT molecular complexity index is 772. The Balaban J connectivity index is 1.61. The van der Waals surface area contributed by atoms with Crippen molar-refractivity contribution in [3.05, 3.63) is 42.0 Å². The first kappa shape index (κ1) is 17.1. The van der Waals surface area contributed by atoms with E-state index in [0.29, 0.717) is 12.2 Å². The van der Waals surface area contributed by atoms with E-state index in [4.69, 9.17) is 0 Å². The van der Waals surface area contributed by atoms with Gasteiger partial charge < -0.3 is 14.8 Å². The Morgan fingerprint density at radius 1 is 1.36 bits per heavy atom. The molecule has 2 aromatic rings. The number of aryl methyl sites for hydroxylation is 1. The van der Waals surface area contributed by atoms with Gasteiger partial charge in [-0.15, -0.1) is 0 Å².